The van der Waals surface area contributed by atoms with Crippen molar-refractivity contribution in [3.05, 3.63) is 46.2 Å². The second-order valence-electron chi connectivity index (χ2n) is 2.86. The predicted molar refractivity (Wildman–Crippen MR) is 62.8 cm³/mol. The van der Waals surface area contributed by atoms with Gasteiger partial charge in [-0.25, -0.2) is 0 Å². The van der Waals surface area contributed by atoms with E-state index >= 15 is 0 Å². The molecule has 1 N–H and O–H groups in total. The number of para-hydroxylation sites is 1. The number of aromatic amines is 1. The van der Waals surface area contributed by atoms with Gasteiger partial charge in [0.1, 0.15) is 0 Å². The smallest absolute Gasteiger partial charge is 0.189 e. The minimum Gasteiger partial charge on any atom is -0.358 e. The highest BCUT2D eigenvalue weighted by molar-refractivity contribution is 5.78. The van der Waals surface area contributed by atoms with Crippen molar-refractivity contribution < 1.29 is 1.43 Å². The molecule has 0 spiro atoms. The van der Waals surface area contributed by atoms with Gasteiger partial charge in [-0.15, -0.1) is 0 Å². The van der Waals surface area contributed by atoms with Crippen molar-refractivity contribution in [3.8, 4) is 0 Å². The van der Waals surface area contributed by atoms with E-state index in [0.717, 1.165) is 16.6 Å². The Labute approximate surface area is 85.1 Å². The number of rotatable bonds is 0. The van der Waals surface area contributed by atoms with Crippen LogP contribution in [0, 0.1) is 6.92 Å². The highest BCUT2D eigenvalue weighted by Gasteiger charge is 1.96. The maximum atomic E-state index is 11.4. The predicted octanol–water partition coefficient (Wildman–Crippen LogP) is 3.11. The molecule has 0 fully saturated rings. The zero-order chi connectivity index (χ0) is 10.6. The first-order valence-electron chi connectivity index (χ1n) is 4.86. The standard InChI is InChI=1S/C10H9NO.C2H6.H2/c1-7-6-10(12)8-4-2-3-5-9(8)11-7;1-2;/h2-6H,1H3,(H,11,12);1-2H3;1H. The summed E-state index contributed by atoms with van der Waals surface area (Å²) in [4.78, 5) is 14.5. The van der Waals surface area contributed by atoms with Gasteiger partial charge in [0.25, 0.3) is 0 Å². The molecule has 2 heteroatoms. The molecule has 0 aliphatic heterocycles. The molecule has 2 aromatic rings. The monoisotopic (exact) mass is 191 g/mol. The van der Waals surface area contributed by atoms with Crippen LogP contribution in [0.15, 0.2) is 35.1 Å². The lowest BCUT2D eigenvalue weighted by atomic mass is 10.2. The fraction of sp³-hybridized carbons (Fsp3) is 0.250. The zero-order valence-corrected chi connectivity index (χ0v) is 8.79. The molecule has 0 aliphatic rings. The summed E-state index contributed by atoms with van der Waals surface area (Å²) in [5.74, 6) is 0. The summed E-state index contributed by atoms with van der Waals surface area (Å²) in [7, 11) is 0. The maximum Gasteiger partial charge on any atom is 0.189 e. The SMILES string of the molecule is CC.Cc1cc(=O)c2ccccc2[nH]1.[HH]. The third-order valence-corrected chi connectivity index (χ3v) is 1.87. The first-order valence-corrected chi connectivity index (χ1v) is 4.86. The van der Waals surface area contributed by atoms with Crippen molar-refractivity contribution in [1.82, 2.24) is 4.98 Å². The van der Waals surface area contributed by atoms with Crippen LogP contribution in [0.1, 0.15) is 21.0 Å². The van der Waals surface area contributed by atoms with Gasteiger partial charge in [-0.05, 0) is 19.1 Å². The fourth-order valence-corrected chi connectivity index (χ4v) is 1.33. The molecular formula is C12H17NO. The number of pyridine rings is 1. The molecule has 0 bridgehead atoms. The summed E-state index contributed by atoms with van der Waals surface area (Å²) in [6, 6.07) is 9.13. The van der Waals surface area contributed by atoms with E-state index in [9.17, 15) is 4.79 Å². The molecule has 14 heavy (non-hydrogen) atoms. The van der Waals surface area contributed by atoms with Crippen molar-refractivity contribution in [3.63, 3.8) is 0 Å². The summed E-state index contributed by atoms with van der Waals surface area (Å²) in [6.45, 7) is 5.88. The van der Waals surface area contributed by atoms with Crippen LogP contribution in [0.2, 0.25) is 0 Å². The number of hydrogen-bond acceptors (Lipinski definition) is 1. The first-order chi connectivity index (χ1) is 6.77. The Morgan fingerprint density at radius 1 is 1.21 bits per heavy atom. The van der Waals surface area contributed by atoms with Crippen molar-refractivity contribution in [2.24, 2.45) is 0 Å². The third-order valence-electron chi connectivity index (χ3n) is 1.87. The van der Waals surface area contributed by atoms with E-state index < -0.39 is 0 Å². The van der Waals surface area contributed by atoms with Gasteiger partial charge in [-0.3, -0.25) is 4.79 Å². The summed E-state index contributed by atoms with van der Waals surface area (Å²) >= 11 is 0. The Kier molecular flexibility index (Phi) is 3.46. The lowest BCUT2D eigenvalue weighted by Crippen LogP contribution is -2.01. The fourth-order valence-electron chi connectivity index (χ4n) is 1.33. The van der Waals surface area contributed by atoms with Crippen LogP contribution in [0.25, 0.3) is 10.9 Å². The molecule has 2 nitrogen and oxygen atoms in total. The molecule has 2 rings (SSSR count). The van der Waals surface area contributed by atoms with E-state index in [2.05, 4.69) is 4.98 Å². The molecule has 0 unspecified atom stereocenters. The van der Waals surface area contributed by atoms with Crippen LogP contribution in [-0.2, 0) is 0 Å². The number of nitrogens with one attached hydrogen (secondary N) is 1. The molecule has 0 saturated carbocycles. The summed E-state index contributed by atoms with van der Waals surface area (Å²) in [5, 5.41) is 0.753. The topological polar surface area (TPSA) is 32.9 Å². The van der Waals surface area contributed by atoms with Crippen molar-refractivity contribution >= 4 is 10.9 Å². The van der Waals surface area contributed by atoms with Crippen LogP contribution >= 0.6 is 0 Å². The van der Waals surface area contributed by atoms with Crippen molar-refractivity contribution in [2.45, 2.75) is 20.8 Å². The van der Waals surface area contributed by atoms with Crippen LogP contribution in [0.3, 0.4) is 0 Å². The summed E-state index contributed by atoms with van der Waals surface area (Å²) in [5.41, 5.74) is 1.89. The average Bonchev–Trinajstić information content (AvgIpc) is 2.20. The Bertz CT molecular complexity index is 476. The Morgan fingerprint density at radius 3 is 2.57 bits per heavy atom. The second kappa shape index (κ2) is 4.61. The molecule has 76 valence electrons. The largest absolute Gasteiger partial charge is 0.358 e. The minimum atomic E-state index is 0. The molecule has 1 heterocycles. The zero-order valence-electron chi connectivity index (χ0n) is 8.79. The normalized spacial score (nSPS) is 9.36. The highest BCUT2D eigenvalue weighted by atomic mass is 16.1. The minimum absolute atomic E-state index is 0. The van der Waals surface area contributed by atoms with Gasteiger partial charge in [0.2, 0.25) is 0 Å². The molecule has 0 atom stereocenters. The number of hydrogen-bond donors (Lipinski definition) is 1. The Morgan fingerprint density at radius 2 is 1.86 bits per heavy atom. The van der Waals surface area contributed by atoms with E-state index in [1.54, 1.807) is 6.07 Å². The van der Waals surface area contributed by atoms with E-state index in [4.69, 9.17) is 0 Å². The van der Waals surface area contributed by atoms with Crippen LogP contribution in [-0.4, -0.2) is 4.98 Å². The molecule has 1 aromatic heterocycles. The number of aromatic nitrogens is 1. The summed E-state index contributed by atoms with van der Waals surface area (Å²) in [6.07, 6.45) is 0. The van der Waals surface area contributed by atoms with Crippen molar-refractivity contribution in [1.29, 1.82) is 0 Å². The molecule has 0 radical (unpaired) electrons. The quantitative estimate of drug-likeness (QED) is 0.682. The lowest BCUT2D eigenvalue weighted by molar-refractivity contribution is 1.24. The number of H-pyrrole nitrogens is 1. The molecule has 0 aliphatic carbocycles. The maximum absolute atomic E-state index is 11.4. The molecule has 1 aromatic carbocycles. The van der Waals surface area contributed by atoms with Gasteiger partial charge >= 0.3 is 0 Å². The van der Waals surface area contributed by atoms with Gasteiger partial charge in [0, 0.05) is 24.1 Å². The van der Waals surface area contributed by atoms with Gasteiger partial charge in [-0.2, -0.15) is 0 Å². The number of aryl methyl sites for hydroxylation is 1. The third kappa shape index (κ3) is 2.02. The first kappa shape index (κ1) is 10.5. The number of fused-ring (bicyclic) bond motifs is 1. The average molecular weight is 191 g/mol. The van der Waals surface area contributed by atoms with E-state index in [0.29, 0.717) is 0 Å². The molecular weight excluding hydrogens is 174 g/mol. The van der Waals surface area contributed by atoms with Crippen LogP contribution in [0.5, 0.6) is 0 Å². The van der Waals surface area contributed by atoms with E-state index in [-0.39, 0.29) is 6.86 Å². The van der Waals surface area contributed by atoms with Gasteiger partial charge in [0.05, 0.1) is 0 Å². The Balaban J connectivity index is 0.000000617. The highest BCUT2D eigenvalue weighted by Crippen LogP contribution is 2.05. The van der Waals surface area contributed by atoms with Crippen molar-refractivity contribution in [2.75, 3.05) is 0 Å². The molecule has 0 saturated heterocycles. The number of benzene rings is 1. The second-order valence-corrected chi connectivity index (χ2v) is 2.86. The Hall–Kier alpha value is -1.57. The van der Waals surface area contributed by atoms with Crippen LogP contribution < -0.4 is 5.43 Å². The van der Waals surface area contributed by atoms with Crippen LogP contribution in [0.4, 0.5) is 0 Å². The lowest BCUT2D eigenvalue weighted by Gasteiger charge is -1.97. The van der Waals surface area contributed by atoms with Gasteiger partial charge in [-0.1, -0.05) is 26.0 Å². The van der Waals surface area contributed by atoms with E-state index in [1.165, 1.54) is 0 Å². The summed E-state index contributed by atoms with van der Waals surface area (Å²) < 4.78 is 0. The molecule has 0 amide bonds. The van der Waals surface area contributed by atoms with Gasteiger partial charge in [0.15, 0.2) is 5.43 Å². The van der Waals surface area contributed by atoms with Gasteiger partial charge < -0.3 is 4.98 Å². The van der Waals surface area contributed by atoms with E-state index in [1.807, 2.05) is 45.0 Å².